The number of alkyl carbamates (subject to hydrolysis) is 1. The Morgan fingerprint density at radius 1 is 1.00 bits per heavy atom. The van der Waals surface area contributed by atoms with E-state index in [4.69, 9.17) is 4.74 Å². The van der Waals surface area contributed by atoms with Gasteiger partial charge in [0, 0.05) is 19.0 Å². The Labute approximate surface area is 231 Å². The van der Waals surface area contributed by atoms with Crippen LogP contribution in [0.1, 0.15) is 77.1 Å². The number of benzene rings is 2. The van der Waals surface area contributed by atoms with Gasteiger partial charge in [-0.3, -0.25) is 9.59 Å². The lowest BCUT2D eigenvalue weighted by atomic mass is 9.98. The van der Waals surface area contributed by atoms with Crippen molar-refractivity contribution in [2.75, 3.05) is 6.54 Å². The molecule has 9 nitrogen and oxygen atoms in total. The van der Waals surface area contributed by atoms with Crippen LogP contribution in [0, 0.1) is 6.92 Å². The topological polar surface area (TPSA) is 128 Å². The number of unbranched alkanes of at least 4 members (excludes halogenated alkanes) is 1. The van der Waals surface area contributed by atoms with Gasteiger partial charge in [-0.15, -0.1) is 0 Å². The third-order valence-corrected chi connectivity index (χ3v) is 5.93. The maximum atomic E-state index is 14.3. The van der Waals surface area contributed by atoms with Gasteiger partial charge < -0.3 is 30.5 Å². The summed E-state index contributed by atoms with van der Waals surface area (Å²) in [5.74, 6) is -0.637. The number of phenolic OH excluding ortho intramolecular Hbond substituents is 2. The Hall–Kier alpha value is -3.75. The number of hydrogen-bond donors (Lipinski definition) is 4. The van der Waals surface area contributed by atoms with Crippen LogP contribution in [0.5, 0.6) is 11.5 Å². The first-order valence-electron chi connectivity index (χ1n) is 13.4. The maximum absolute atomic E-state index is 14.3. The zero-order valence-corrected chi connectivity index (χ0v) is 24.1. The Kier molecular flexibility index (Phi) is 11.2. The minimum atomic E-state index is -1.05. The SMILES string of the molecule is CCCCN(C(=O)C(Cc1ccc(O)cc1)NC(=O)OC(C)(C)C)C(C(=O)NC(C)C)c1ccc(O)c(C)c1. The fraction of sp³-hybridized carbons (Fsp3) is 0.500. The molecule has 39 heavy (non-hydrogen) atoms. The maximum Gasteiger partial charge on any atom is 0.408 e. The molecule has 0 saturated carbocycles. The van der Waals surface area contributed by atoms with Crippen LogP contribution in [-0.2, 0) is 20.7 Å². The standard InChI is InChI=1S/C30H43N3O6/c1-8-9-16-33(26(27(36)31-19(2)3)22-12-15-25(35)20(4)17-22)28(37)24(32-29(38)39-30(5,6)7)18-21-10-13-23(34)14-11-21/h10-15,17,19,24,26,34-35H,8-9,16,18H2,1-7H3,(H,31,36)(H,32,38). The van der Waals surface area contributed by atoms with Crippen LogP contribution in [0.2, 0.25) is 0 Å². The number of phenols is 2. The summed E-state index contributed by atoms with van der Waals surface area (Å²) in [4.78, 5) is 42.1. The van der Waals surface area contributed by atoms with Gasteiger partial charge in [0.15, 0.2) is 0 Å². The van der Waals surface area contributed by atoms with Gasteiger partial charge in [0.25, 0.3) is 0 Å². The predicted molar refractivity (Wildman–Crippen MR) is 150 cm³/mol. The summed E-state index contributed by atoms with van der Waals surface area (Å²) in [6, 6.07) is 9.00. The van der Waals surface area contributed by atoms with Crippen molar-refractivity contribution in [1.82, 2.24) is 15.5 Å². The van der Waals surface area contributed by atoms with E-state index >= 15 is 0 Å². The minimum absolute atomic E-state index is 0.0828. The number of hydrogen-bond acceptors (Lipinski definition) is 6. The molecule has 0 aliphatic heterocycles. The first-order valence-corrected chi connectivity index (χ1v) is 13.4. The average Bonchev–Trinajstić information content (AvgIpc) is 2.82. The van der Waals surface area contributed by atoms with E-state index < -0.39 is 29.7 Å². The number of carbonyl (C=O) groups excluding carboxylic acids is 3. The number of aromatic hydroxyl groups is 2. The highest BCUT2D eigenvalue weighted by atomic mass is 16.6. The van der Waals surface area contributed by atoms with Gasteiger partial charge in [-0.2, -0.15) is 0 Å². The van der Waals surface area contributed by atoms with Gasteiger partial charge in [0.2, 0.25) is 11.8 Å². The largest absolute Gasteiger partial charge is 0.508 e. The first kappa shape index (κ1) is 31.5. The van der Waals surface area contributed by atoms with Gasteiger partial charge in [0.1, 0.15) is 29.2 Å². The van der Waals surface area contributed by atoms with Crippen molar-refractivity contribution >= 4 is 17.9 Å². The summed E-state index contributed by atoms with van der Waals surface area (Å²) < 4.78 is 5.44. The number of carbonyl (C=O) groups is 3. The normalized spacial score (nSPS) is 12.9. The van der Waals surface area contributed by atoms with E-state index in [0.717, 1.165) is 6.42 Å². The molecule has 4 N–H and O–H groups in total. The number of nitrogens with zero attached hydrogens (tertiary/aromatic N) is 1. The highest BCUT2D eigenvalue weighted by Crippen LogP contribution is 2.28. The van der Waals surface area contributed by atoms with Crippen LogP contribution < -0.4 is 10.6 Å². The molecule has 0 spiro atoms. The Morgan fingerprint density at radius 2 is 1.64 bits per heavy atom. The molecule has 0 fully saturated rings. The fourth-order valence-electron chi connectivity index (χ4n) is 4.10. The Balaban J connectivity index is 2.57. The van der Waals surface area contributed by atoms with E-state index in [1.54, 1.807) is 52.0 Å². The summed E-state index contributed by atoms with van der Waals surface area (Å²) in [6.45, 7) is 12.9. The van der Waals surface area contributed by atoms with Crippen molar-refractivity contribution in [1.29, 1.82) is 0 Å². The van der Waals surface area contributed by atoms with Gasteiger partial charge >= 0.3 is 6.09 Å². The summed E-state index contributed by atoms with van der Waals surface area (Å²) in [7, 11) is 0. The molecular formula is C30H43N3O6. The van der Waals surface area contributed by atoms with Crippen molar-refractivity contribution in [3.8, 4) is 11.5 Å². The molecule has 0 bridgehead atoms. The van der Waals surface area contributed by atoms with Crippen molar-refractivity contribution in [2.45, 2.75) is 91.5 Å². The smallest absolute Gasteiger partial charge is 0.408 e. The minimum Gasteiger partial charge on any atom is -0.508 e. The Bertz CT molecular complexity index is 1120. The van der Waals surface area contributed by atoms with Gasteiger partial charge in [-0.25, -0.2) is 4.79 Å². The number of aryl methyl sites for hydroxylation is 1. The van der Waals surface area contributed by atoms with E-state index in [9.17, 15) is 24.6 Å². The van der Waals surface area contributed by atoms with Crippen LogP contribution in [0.4, 0.5) is 4.79 Å². The molecule has 214 valence electrons. The third-order valence-electron chi connectivity index (χ3n) is 5.93. The van der Waals surface area contributed by atoms with Crippen LogP contribution in [0.25, 0.3) is 0 Å². The molecule has 3 amide bonds. The second-order valence-electron chi connectivity index (χ2n) is 11.1. The monoisotopic (exact) mass is 541 g/mol. The molecule has 2 unspecified atom stereocenters. The lowest BCUT2D eigenvalue weighted by Crippen LogP contribution is -2.54. The van der Waals surface area contributed by atoms with Crippen molar-refractivity contribution < 1.29 is 29.3 Å². The average molecular weight is 542 g/mol. The quantitative estimate of drug-likeness (QED) is 0.325. The van der Waals surface area contributed by atoms with Crippen molar-refractivity contribution in [3.05, 3.63) is 59.2 Å². The number of rotatable bonds is 11. The van der Waals surface area contributed by atoms with Crippen molar-refractivity contribution in [3.63, 3.8) is 0 Å². The molecule has 0 aliphatic carbocycles. The molecule has 0 aliphatic rings. The molecule has 2 aromatic rings. The van der Waals surface area contributed by atoms with Crippen LogP contribution in [0.15, 0.2) is 42.5 Å². The lowest BCUT2D eigenvalue weighted by molar-refractivity contribution is -0.142. The zero-order chi connectivity index (χ0) is 29.3. The second-order valence-corrected chi connectivity index (χ2v) is 11.1. The Morgan fingerprint density at radius 3 is 2.18 bits per heavy atom. The highest BCUT2D eigenvalue weighted by Gasteiger charge is 2.36. The van der Waals surface area contributed by atoms with Crippen LogP contribution in [-0.4, -0.2) is 57.3 Å². The van der Waals surface area contributed by atoms with Gasteiger partial charge in [-0.1, -0.05) is 31.5 Å². The van der Waals surface area contributed by atoms with E-state index in [1.165, 1.54) is 23.1 Å². The molecule has 2 aromatic carbocycles. The highest BCUT2D eigenvalue weighted by molar-refractivity contribution is 5.92. The van der Waals surface area contributed by atoms with Crippen molar-refractivity contribution in [2.24, 2.45) is 0 Å². The summed E-state index contributed by atoms with van der Waals surface area (Å²) in [5.41, 5.74) is 1.06. The number of nitrogens with one attached hydrogen (secondary N) is 2. The molecular weight excluding hydrogens is 498 g/mol. The van der Waals surface area contributed by atoms with Gasteiger partial charge in [0.05, 0.1) is 0 Å². The predicted octanol–water partition coefficient (Wildman–Crippen LogP) is 4.74. The molecule has 0 saturated heterocycles. The summed E-state index contributed by atoms with van der Waals surface area (Å²) >= 11 is 0. The first-order chi connectivity index (χ1) is 18.2. The van der Waals surface area contributed by atoms with E-state index in [0.29, 0.717) is 23.1 Å². The van der Waals surface area contributed by atoms with Crippen LogP contribution >= 0.6 is 0 Å². The van der Waals surface area contributed by atoms with E-state index in [1.807, 2.05) is 20.8 Å². The number of amides is 3. The second kappa shape index (κ2) is 13.9. The third kappa shape index (κ3) is 9.81. The van der Waals surface area contributed by atoms with E-state index in [-0.39, 0.29) is 36.4 Å². The lowest BCUT2D eigenvalue weighted by Gasteiger charge is -2.35. The molecule has 0 heterocycles. The molecule has 0 radical (unpaired) electrons. The van der Waals surface area contributed by atoms with Crippen LogP contribution in [0.3, 0.4) is 0 Å². The molecule has 2 rings (SSSR count). The number of ether oxygens (including phenoxy) is 1. The zero-order valence-electron chi connectivity index (χ0n) is 24.1. The van der Waals surface area contributed by atoms with Gasteiger partial charge in [-0.05, 0) is 88.9 Å². The summed E-state index contributed by atoms with van der Waals surface area (Å²) in [5, 5.41) is 25.4. The molecule has 2 atom stereocenters. The van der Waals surface area contributed by atoms with E-state index in [2.05, 4.69) is 10.6 Å². The fourth-order valence-corrected chi connectivity index (χ4v) is 4.10. The summed E-state index contributed by atoms with van der Waals surface area (Å²) in [6.07, 6.45) is 0.776. The molecule has 9 heteroatoms. The molecule has 0 aromatic heterocycles.